The summed E-state index contributed by atoms with van der Waals surface area (Å²) >= 11 is 0. The van der Waals surface area contributed by atoms with E-state index in [0.29, 0.717) is 24.0 Å². The van der Waals surface area contributed by atoms with Gasteiger partial charge in [0.25, 0.3) is 0 Å². The number of halogens is 3. The third-order valence-corrected chi connectivity index (χ3v) is 6.46. The molecule has 0 fully saturated rings. The summed E-state index contributed by atoms with van der Waals surface area (Å²) in [6, 6.07) is 11.0. The van der Waals surface area contributed by atoms with Crippen LogP contribution in [-0.4, -0.2) is 38.1 Å². The smallest absolute Gasteiger partial charge is 0.396 e. The minimum absolute atomic E-state index is 0.159. The van der Waals surface area contributed by atoms with Crippen molar-refractivity contribution in [3.63, 3.8) is 0 Å². The monoisotopic (exact) mass is 426 g/mol. The number of aliphatic hydroxyl groups is 2. The summed E-state index contributed by atoms with van der Waals surface area (Å²) in [5.41, 5.74) is 1.21. The second kappa shape index (κ2) is 7.59. The Morgan fingerprint density at radius 3 is 1.62 bits per heavy atom. The Morgan fingerprint density at radius 2 is 1.28 bits per heavy atom. The predicted molar refractivity (Wildman–Crippen MR) is 104 cm³/mol. The molecule has 4 nitrogen and oxygen atoms in total. The Labute approximate surface area is 167 Å². The second-order valence-electron chi connectivity index (χ2n) is 7.50. The number of rotatable bonds is 5. The zero-order valence-electron chi connectivity index (χ0n) is 15.7. The van der Waals surface area contributed by atoms with E-state index in [1.54, 1.807) is 12.1 Å². The van der Waals surface area contributed by atoms with E-state index in [9.17, 15) is 31.8 Å². The summed E-state index contributed by atoms with van der Waals surface area (Å²) < 4.78 is 62.0. The van der Waals surface area contributed by atoms with Crippen molar-refractivity contribution in [3.8, 4) is 0 Å². The van der Waals surface area contributed by atoms with Crippen molar-refractivity contribution in [1.82, 2.24) is 0 Å². The molecule has 2 aromatic rings. The van der Waals surface area contributed by atoms with Crippen molar-refractivity contribution in [3.05, 3.63) is 65.2 Å². The molecule has 0 bridgehead atoms. The number of benzene rings is 2. The van der Waals surface area contributed by atoms with E-state index in [1.807, 2.05) is 0 Å². The molecule has 0 saturated carbocycles. The van der Waals surface area contributed by atoms with E-state index in [1.165, 1.54) is 24.3 Å². The molecular formula is C21H21F3O4S. The number of allylic oxidation sites excluding steroid dienone is 2. The van der Waals surface area contributed by atoms with Crippen molar-refractivity contribution in [2.45, 2.75) is 23.9 Å². The fourth-order valence-corrected chi connectivity index (χ4v) is 4.25. The molecule has 8 heteroatoms. The topological polar surface area (TPSA) is 74.6 Å². The van der Waals surface area contributed by atoms with E-state index in [2.05, 4.69) is 0 Å². The standard InChI is InChI=1S/C21H21F3O4S/c1-29(27,28)17-8-4-15(5-9-17)19-11-20(12-25,13-26)10-18(19)14-2-6-16(7-3-14)21(22,23)24/h2-9,25-26H,10-13H2,1H3. The Balaban J connectivity index is 2.08. The van der Waals surface area contributed by atoms with Crippen LogP contribution in [0.2, 0.25) is 0 Å². The van der Waals surface area contributed by atoms with E-state index in [4.69, 9.17) is 0 Å². The van der Waals surface area contributed by atoms with Crippen LogP contribution in [0.1, 0.15) is 29.5 Å². The van der Waals surface area contributed by atoms with Crippen molar-refractivity contribution < 1.29 is 31.8 Å². The maximum atomic E-state index is 12.9. The molecule has 0 heterocycles. The summed E-state index contributed by atoms with van der Waals surface area (Å²) in [6.07, 6.45) is -2.71. The van der Waals surface area contributed by atoms with Gasteiger partial charge in [0.05, 0.1) is 23.7 Å². The van der Waals surface area contributed by atoms with Crippen LogP contribution in [0.25, 0.3) is 11.1 Å². The molecule has 0 saturated heterocycles. The lowest BCUT2D eigenvalue weighted by Gasteiger charge is -2.24. The first-order chi connectivity index (χ1) is 13.5. The van der Waals surface area contributed by atoms with Crippen LogP contribution < -0.4 is 0 Å². The summed E-state index contributed by atoms with van der Waals surface area (Å²) in [5, 5.41) is 19.7. The van der Waals surface area contributed by atoms with Crippen LogP contribution >= 0.6 is 0 Å². The van der Waals surface area contributed by atoms with Crippen LogP contribution in [0, 0.1) is 5.41 Å². The van der Waals surface area contributed by atoms with Gasteiger partial charge >= 0.3 is 6.18 Å². The van der Waals surface area contributed by atoms with Crippen LogP contribution in [0.15, 0.2) is 53.4 Å². The highest BCUT2D eigenvalue weighted by molar-refractivity contribution is 7.90. The third kappa shape index (κ3) is 4.39. The number of alkyl halides is 3. The van der Waals surface area contributed by atoms with Gasteiger partial charge in [0.15, 0.2) is 9.84 Å². The van der Waals surface area contributed by atoms with Gasteiger partial charge in [0.1, 0.15) is 0 Å². The molecular weight excluding hydrogens is 405 g/mol. The zero-order chi connectivity index (χ0) is 21.4. The quantitative estimate of drug-likeness (QED) is 0.763. The number of hydrogen-bond donors (Lipinski definition) is 2. The summed E-state index contributed by atoms with van der Waals surface area (Å²) in [7, 11) is -3.36. The maximum absolute atomic E-state index is 12.9. The Hall–Kier alpha value is -2.16. The molecule has 156 valence electrons. The first-order valence-electron chi connectivity index (χ1n) is 8.91. The zero-order valence-corrected chi connectivity index (χ0v) is 16.5. The van der Waals surface area contributed by atoms with Crippen molar-refractivity contribution >= 4 is 21.0 Å². The van der Waals surface area contributed by atoms with Crippen molar-refractivity contribution in [2.75, 3.05) is 19.5 Å². The number of aliphatic hydroxyl groups excluding tert-OH is 2. The van der Waals surface area contributed by atoms with Crippen LogP contribution in [-0.2, 0) is 16.0 Å². The molecule has 0 spiro atoms. The third-order valence-electron chi connectivity index (χ3n) is 5.33. The van der Waals surface area contributed by atoms with E-state index in [0.717, 1.165) is 29.5 Å². The lowest BCUT2D eigenvalue weighted by atomic mass is 9.84. The highest BCUT2D eigenvalue weighted by Gasteiger charge is 2.39. The molecule has 0 aromatic heterocycles. The second-order valence-corrected chi connectivity index (χ2v) is 9.51. The van der Waals surface area contributed by atoms with Gasteiger partial charge in [-0.3, -0.25) is 0 Å². The lowest BCUT2D eigenvalue weighted by molar-refractivity contribution is -0.137. The Bertz CT molecular complexity index is 1020. The summed E-state index contributed by atoms with van der Waals surface area (Å²) in [6.45, 7) is -0.558. The highest BCUT2D eigenvalue weighted by Crippen LogP contribution is 2.50. The van der Waals surface area contributed by atoms with Gasteiger partial charge in [-0.15, -0.1) is 0 Å². The molecule has 0 aliphatic heterocycles. The molecule has 0 amide bonds. The molecule has 1 aliphatic rings. The average Bonchev–Trinajstić information content (AvgIpc) is 3.07. The molecule has 2 N–H and O–H groups in total. The average molecular weight is 426 g/mol. The largest absolute Gasteiger partial charge is 0.416 e. The van der Waals surface area contributed by atoms with Gasteiger partial charge < -0.3 is 10.2 Å². The first kappa shape index (κ1) is 21.5. The molecule has 3 rings (SSSR count). The highest BCUT2D eigenvalue weighted by atomic mass is 32.2. The van der Waals surface area contributed by atoms with Gasteiger partial charge in [-0.05, 0) is 59.4 Å². The minimum atomic E-state index is -4.44. The van der Waals surface area contributed by atoms with Crippen LogP contribution in [0.3, 0.4) is 0 Å². The van der Waals surface area contributed by atoms with Crippen LogP contribution in [0.4, 0.5) is 13.2 Å². The SMILES string of the molecule is CS(=O)(=O)c1ccc(C2=C(c3ccc(C(F)(F)F)cc3)CC(CO)(CO)C2)cc1. The van der Waals surface area contributed by atoms with Gasteiger partial charge in [0, 0.05) is 11.7 Å². The minimum Gasteiger partial charge on any atom is -0.396 e. The van der Waals surface area contributed by atoms with Crippen molar-refractivity contribution in [1.29, 1.82) is 0 Å². The number of hydrogen-bond acceptors (Lipinski definition) is 4. The van der Waals surface area contributed by atoms with Crippen molar-refractivity contribution in [2.24, 2.45) is 5.41 Å². The van der Waals surface area contributed by atoms with Gasteiger partial charge in [0.2, 0.25) is 0 Å². The molecule has 2 aromatic carbocycles. The maximum Gasteiger partial charge on any atom is 0.416 e. The predicted octanol–water partition coefficient (Wildman–Crippen LogP) is 3.78. The van der Waals surface area contributed by atoms with Gasteiger partial charge in [-0.1, -0.05) is 24.3 Å². The van der Waals surface area contributed by atoms with E-state index >= 15 is 0 Å². The van der Waals surface area contributed by atoms with E-state index in [-0.39, 0.29) is 18.1 Å². The van der Waals surface area contributed by atoms with E-state index < -0.39 is 27.0 Å². The Kier molecular flexibility index (Phi) is 5.64. The number of sulfone groups is 1. The summed E-state index contributed by atoms with van der Waals surface area (Å²) in [4.78, 5) is 0.159. The van der Waals surface area contributed by atoms with Gasteiger partial charge in [-0.25, -0.2) is 8.42 Å². The molecule has 0 atom stereocenters. The van der Waals surface area contributed by atoms with Gasteiger partial charge in [-0.2, -0.15) is 13.2 Å². The fourth-order valence-electron chi connectivity index (χ4n) is 3.62. The molecule has 1 aliphatic carbocycles. The van der Waals surface area contributed by atoms with Crippen LogP contribution in [0.5, 0.6) is 0 Å². The first-order valence-corrected chi connectivity index (χ1v) is 10.8. The molecule has 0 radical (unpaired) electrons. The molecule has 29 heavy (non-hydrogen) atoms. The fraction of sp³-hybridized carbons (Fsp3) is 0.333. The summed E-state index contributed by atoms with van der Waals surface area (Å²) in [5.74, 6) is 0. The lowest BCUT2D eigenvalue weighted by Crippen LogP contribution is -2.27. The normalized spacial score (nSPS) is 17.0. The Morgan fingerprint density at radius 1 is 0.862 bits per heavy atom. The molecule has 0 unspecified atom stereocenters.